The van der Waals surface area contributed by atoms with E-state index < -0.39 is 34.3 Å². The van der Waals surface area contributed by atoms with Crippen LogP contribution in [0.3, 0.4) is 0 Å². The van der Waals surface area contributed by atoms with Crippen LogP contribution in [-0.4, -0.2) is 38.0 Å². The fourth-order valence-corrected chi connectivity index (χ4v) is 4.76. The molecule has 2 N–H and O–H groups in total. The van der Waals surface area contributed by atoms with Gasteiger partial charge in [-0.25, -0.2) is 22.3 Å². The molecule has 0 saturated heterocycles. The standard InChI is InChI=1S/C19H23ClFN3O5S/c1-5-24-11(3)17(19(26)29-6-2)18(12(24)4)30(27,28)22-10-16(25)23-13-7-8-15(21)14(20)9-13/h7-9,22H,5-6,10H2,1-4H3,(H,23,25). The van der Waals surface area contributed by atoms with Crippen LogP contribution in [0.5, 0.6) is 0 Å². The highest BCUT2D eigenvalue weighted by atomic mass is 35.5. The fraction of sp³-hybridized carbons (Fsp3) is 0.368. The molecule has 1 amide bonds. The molecule has 0 aliphatic heterocycles. The van der Waals surface area contributed by atoms with Crippen molar-refractivity contribution < 1.29 is 27.1 Å². The normalized spacial score (nSPS) is 11.4. The molecular formula is C19H23ClFN3O5S. The summed E-state index contributed by atoms with van der Waals surface area (Å²) in [7, 11) is -4.22. The molecule has 2 aromatic rings. The van der Waals surface area contributed by atoms with Crippen LogP contribution in [0.15, 0.2) is 23.1 Å². The highest BCUT2D eigenvalue weighted by molar-refractivity contribution is 7.89. The van der Waals surface area contributed by atoms with E-state index in [1.807, 2.05) is 6.92 Å². The third-order valence-electron chi connectivity index (χ3n) is 4.42. The molecule has 0 aliphatic carbocycles. The minimum Gasteiger partial charge on any atom is -0.462 e. The Morgan fingerprint density at radius 2 is 1.87 bits per heavy atom. The highest BCUT2D eigenvalue weighted by Gasteiger charge is 2.32. The van der Waals surface area contributed by atoms with Gasteiger partial charge < -0.3 is 14.6 Å². The third kappa shape index (κ3) is 5.00. The van der Waals surface area contributed by atoms with Crippen molar-refractivity contribution in [3.63, 3.8) is 0 Å². The van der Waals surface area contributed by atoms with Crippen molar-refractivity contribution in [2.75, 3.05) is 18.5 Å². The summed E-state index contributed by atoms with van der Waals surface area (Å²) in [5.41, 5.74) is 0.965. The first-order valence-corrected chi connectivity index (χ1v) is 11.0. The second-order valence-corrected chi connectivity index (χ2v) is 8.45. The maximum absolute atomic E-state index is 13.2. The van der Waals surface area contributed by atoms with Gasteiger partial charge in [-0.05, 0) is 45.9 Å². The maximum Gasteiger partial charge on any atom is 0.341 e. The molecule has 0 unspecified atom stereocenters. The van der Waals surface area contributed by atoms with E-state index in [0.717, 1.165) is 6.07 Å². The zero-order valence-corrected chi connectivity index (χ0v) is 18.6. The number of nitrogens with zero attached hydrogens (tertiary/aromatic N) is 1. The fourth-order valence-electron chi connectivity index (χ4n) is 3.11. The number of halogens is 2. The van der Waals surface area contributed by atoms with Crippen LogP contribution >= 0.6 is 11.6 Å². The van der Waals surface area contributed by atoms with Gasteiger partial charge in [-0.1, -0.05) is 11.6 Å². The Hall–Kier alpha value is -2.43. The molecule has 0 bridgehead atoms. The van der Waals surface area contributed by atoms with Gasteiger partial charge >= 0.3 is 5.97 Å². The molecule has 1 heterocycles. The second-order valence-electron chi connectivity index (χ2n) is 6.34. The first-order chi connectivity index (χ1) is 14.0. The lowest BCUT2D eigenvalue weighted by atomic mass is 10.2. The van der Waals surface area contributed by atoms with Crippen LogP contribution in [0.25, 0.3) is 0 Å². The Labute approximate surface area is 179 Å². The summed E-state index contributed by atoms with van der Waals surface area (Å²) >= 11 is 5.66. The molecule has 11 heteroatoms. The lowest BCUT2D eigenvalue weighted by Crippen LogP contribution is -2.34. The van der Waals surface area contributed by atoms with Gasteiger partial charge in [-0.15, -0.1) is 0 Å². The summed E-state index contributed by atoms with van der Waals surface area (Å²) in [6.07, 6.45) is 0. The van der Waals surface area contributed by atoms with Gasteiger partial charge in [0.05, 0.1) is 18.2 Å². The SMILES string of the molecule is CCOC(=O)c1c(S(=O)(=O)NCC(=O)Nc2ccc(F)c(Cl)c2)c(C)n(CC)c1C. The number of amides is 1. The Morgan fingerprint density at radius 1 is 1.20 bits per heavy atom. The molecule has 2 rings (SSSR count). The van der Waals surface area contributed by atoms with E-state index in [-0.39, 0.29) is 27.8 Å². The minimum absolute atomic E-state index is 0.0607. The van der Waals surface area contributed by atoms with Crippen LogP contribution in [0.2, 0.25) is 5.02 Å². The van der Waals surface area contributed by atoms with Crippen molar-refractivity contribution in [1.82, 2.24) is 9.29 Å². The summed E-state index contributed by atoms with van der Waals surface area (Å²) in [5, 5.41) is 2.24. The van der Waals surface area contributed by atoms with E-state index in [2.05, 4.69) is 10.0 Å². The number of aromatic nitrogens is 1. The number of ether oxygens (including phenoxy) is 1. The number of carbonyl (C=O) groups excluding carboxylic acids is 2. The topological polar surface area (TPSA) is 106 Å². The molecule has 0 spiro atoms. The monoisotopic (exact) mass is 459 g/mol. The summed E-state index contributed by atoms with van der Waals surface area (Å²) in [5.74, 6) is -2.09. The van der Waals surface area contributed by atoms with Crippen LogP contribution in [0.4, 0.5) is 10.1 Å². The van der Waals surface area contributed by atoms with E-state index in [0.29, 0.717) is 17.9 Å². The van der Waals surface area contributed by atoms with Crippen LogP contribution in [-0.2, 0) is 26.1 Å². The van der Waals surface area contributed by atoms with Gasteiger partial charge in [-0.2, -0.15) is 0 Å². The van der Waals surface area contributed by atoms with Gasteiger partial charge in [0.15, 0.2) is 0 Å². The molecule has 0 aliphatic rings. The van der Waals surface area contributed by atoms with E-state index >= 15 is 0 Å². The van der Waals surface area contributed by atoms with Gasteiger partial charge in [0.25, 0.3) is 0 Å². The van der Waals surface area contributed by atoms with Crippen molar-refractivity contribution in [1.29, 1.82) is 0 Å². The van der Waals surface area contributed by atoms with E-state index in [4.69, 9.17) is 16.3 Å². The highest BCUT2D eigenvalue weighted by Crippen LogP contribution is 2.28. The zero-order valence-electron chi connectivity index (χ0n) is 17.0. The minimum atomic E-state index is -4.22. The number of rotatable bonds is 8. The number of hydrogen-bond donors (Lipinski definition) is 2. The van der Waals surface area contributed by atoms with E-state index in [1.54, 1.807) is 25.3 Å². The number of nitrogens with one attached hydrogen (secondary N) is 2. The summed E-state index contributed by atoms with van der Waals surface area (Å²) < 4.78 is 48.0. The van der Waals surface area contributed by atoms with Gasteiger partial charge in [0, 0.05) is 23.6 Å². The van der Waals surface area contributed by atoms with Crippen molar-refractivity contribution in [3.05, 3.63) is 46.0 Å². The third-order valence-corrected chi connectivity index (χ3v) is 6.27. The second kappa shape index (κ2) is 9.59. The Bertz CT molecular complexity index is 1080. The van der Waals surface area contributed by atoms with Crippen molar-refractivity contribution in [2.45, 2.75) is 39.1 Å². The lowest BCUT2D eigenvalue weighted by molar-refractivity contribution is -0.115. The van der Waals surface area contributed by atoms with Gasteiger partial charge in [0.1, 0.15) is 16.3 Å². The Kier molecular flexibility index (Phi) is 7.62. The van der Waals surface area contributed by atoms with Crippen molar-refractivity contribution in [3.8, 4) is 0 Å². The molecule has 0 saturated carbocycles. The number of esters is 1. The summed E-state index contributed by atoms with van der Waals surface area (Å²) in [6.45, 7) is 6.58. The van der Waals surface area contributed by atoms with E-state index in [1.165, 1.54) is 12.1 Å². The molecule has 164 valence electrons. The van der Waals surface area contributed by atoms with Gasteiger partial charge in [0.2, 0.25) is 15.9 Å². The zero-order chi connectivity index (χ0) is 22.6. The molecule has 0 radical (unpaired) electrons. The van der Waals surface area contributed by atoms with E-state index in [9.17, 15) is 22.4 Å². The largest absolute Gasteiger partial charge is 0.462 e. The quantitative estimate of drug-likeness (QED) is 0.590. The Morgan fingerprint density at radius 3 is 2.43 bits per heavy atom. The lowest BCUT2D eigenvalue weighted by Gasteiger charge is -2.10. The summed E-state index contributed by atoms with van der Waals surface area (Å²) in [4.78, 5) is 24.3. The molecule has 1 aromatic heterocycles. The van der Waals surface area contributed by atoms with Gasteiger partial charge in [-0.3, -0.25) is 4.79 Å². The maximum atomic E-state index is 13.2. The molecular weight excluding hydrogens is 437 g/mol. The Balaban J connectivity index is 2.27. The predicted molar refractivity (Wildman–Crippen MR) is 111 cm³/mol. The first-order valence-electron chi connectivity index (χ1n) is 9.14. The number of anilines is 1. The summed E-state index contributed by atoms with van der Waals surface area (Å²) in [6, 6.07) is 3.58. The predicted octanol–water partition coefficient (Wildman–Crippen LogP) is 3.01. The van der Waals surface area contributed by atoms with Crippen molar-refractivity contribution in [2.24, 2.45) is 0 Å². The van der Waals surface area contributed by atoms with Crippen LogP contribution in [0, 0.1) is 19.7 Å². The molecule has 30 heavy (non-hydrogen) atoms. The average molecular weight is 460 g/mol. The first kappa shape index (κ1) is 23.8. The average Bonchev–Trinajstić information content (AvgIpc) is 2.94. The smallest absolute Gasteiger partial charge is 0.341 e. The molecule has 8 nitrogen and oxygen atoms in total. The molecule has 0 atom stereocenters. The van der Waals surface area contributed by atoms with Crippen LogP contribution in [0.1, 0.15) is 35.6 Å². The number of sulfonamides is 1. The number of carbonyl (C=O) groups is 2. The number of benzene rings is 1. The van der Waals surface area contributed by atoms with Crippen LogP contribution < -0.4 is 10.0 Å². The molecule has 1 aromatic carbocycles. The molecule has 0 fully saturated rings. The van der Waals surface area contributed by atoms with Crippen molar-refractivity contribution >= 4 is 39.2 Å². The number of hydrogen-bond acceptors (Lipinski definition) is 5.